The Kier molecular flexibility index (Phi) is 5.68. The minimum atomic E-state index is 0.844. The Bertz CT molecular complexity index is 1040. The van der Waals surface area contributed by atoms with Gasteiger partial charge in [0.25, 0.3) is 0 Å². The predicted octanol–water partition coefficient (Wildman–Crippen LogP) is 5.70. The van der Waals surface area contributed by atoms with Crippen molar-refractivity contribution in [1.29, 1.82) is 0 Å². The number of hydrogen-bond donors (Lipinski definition) is 2. The van der Waals surface area contributed by atoms with Crippen LogP contribution in [0.15, 0.2) is 48.5 Å². The molecule has 8 bridgehead atoms. The summed E-state index contributed by atoms with van der Waals surface area (Å²) in [6, 6.07) is 16.4. The summed E-state index contributed by atoms with van der Waals surface area (Å²) in [6.07, 6.45) is 8.09. The molecule has 5 nitrogen and oxygen atoms in total. The number of aromatic nitrogens is 4. The second-order valence-electron chi connectivity index (χ2n) is 6.69. The van der Waals surface area contributed by atoms with Crippen LogP contribution >= 0.6 is 0 Å². The zero-order chi connectivity index (χ0) is 20.1. The zero-order valence-corrected chi connectivity index (χ0v) is 16.6. The summed E-state index contributed by atoms with van der Waals surface area (Å²) < 4.78 is 4.83. The Hall–Kier alpha value is -3.44. The summed E-state index contributed by atoms with van der Waals surface area (Å²) >= 11 is 0. The van der Waals surface area contributed by atoms with Crippen molar-refractivity contribution in [2.45, 2.75) is 13.8 Å². The highest BCUT2D eigenvalue weighted by Gasteiger charge is 2.01. The number of rotatable bonds is 2. The van der Waals surface area contributed by atoms with E-state index < -0.39 is 0 Å². The highest BCUT2D eigenvalue weighted by Crippen LogP contribution is 2.16. The third-order valence-corrected chi connectivity index (χ3v) is 4.45. The van der Waals surface area contributed by atoms with E-state index >= 15 is 0 Å². The highest BCUT2D eigenvalue weighted by atomic mass is 16.5. The van der Waals surface area contributed by atoms with Crippen LogP contribution in [0.2, 0.25) is 0 Å². The van der Waals surface area contributed by atoms with Crippen molar-refractivity contribution in [3.63, 3.8) is 0 Å². The Labute approximate surface area is 169 Å². The molecule has 3 aromatic heterocycles. The molecule has 0 atom stereocenters. The van der Waals surface area contributed by atoms with Crippen LogP contribution in [0.4, 0.5) is 0 Å². The molecule has 3 aromatic rings. The van der Waals surface area contributed by atoms with Gasteiger partial charge in [0, 0.05) is 35.3 Å². The van der Waals surface area contributed by atoms with Crippen LogP contribution < -0.4 is 0 Å². The van der Waals surface area contributed by atoms with Gasteiger partial charge < -0.3 is 14.7 Å². The van der Waals surface area contributed by atoms with Crippen molar-refractivity contribution in [2.24, 2.45) is 0 Å². The zero-order valence-electron chi connectivity index (χ0n) is 16.6. The quantitative estimate of drug-likeness (QED) is 0.410. The van der Waals surface area contributed by atoms with E-state index in [0.717, 1.165) is 58.1 Å². The van der Waals surface area contributed by atoms with E-state index in [9.17, 15) is 0 Å². The molecule has 5 rings (SSSR count). The van der Waals surface area contributed by atoms with E-state index in [1.165, 1.54) is 0 Å². The van der Waals surface area contributed by atoms with Crippen LogP contribution in [-0.4, -0.2) is 33.1 Å². The molecular formula is C24H24N4O. The lowest BCUT2D eigenvalue weighted by atomic mass is 10.3. The summed E-state index contributed by atoms with van der Waals surface area (Å²) in [5.74, 6) is 0. The Morgan fingerprint density at radius 2 is 0.897 bits per heavy atom. The lowest BCUT2D eigenvalue weighted by Crippen LogP contribution is -1.84. The average molecular weight is 384 g/mol. The molecule has 2 aliphatic rings. The van der Waals surface area contributed by atoms with Gasteiger partial charge in [0.1, 0.15) is 0 Å². The molecule has 0 aromatic carbocycles. The average Bonchev–Trinajstić information content (AvgIpc) is 3.48. The molecule has 0 saturated carbocycles. The van der Waals surface area contributed by atoms with Crippen LogP contribution in [0.1, 0.15) is 36.6 Å². The molecule has 0 fully saturated rings. The van der Waals surface area contributed by atoms with E-state index in [1.807, 2.05) is 62.4 Å². The maximum absolute atomic E-state index is 4.83. The van der Waals surface area contributed by atoms with Crippen LogP contribution in [0, 0.1) is 0 Å². The van der Waals surface area contributed by atoms with E-state index in [-0.39, 0.29) is 0 Å². The van der Waals surface area contributed by atoms with E-state index in [1.54, 1.807) is 0 Å². The lowest BCUT2D eigenvalue weighted by Gasteiger charge is -1.86. The monoisotopic (exact) mass is 384 g/mol. The lowest BCUT2D eigenvalue weighted by molar-refractivity contribution is 0.162. The summed E-state index contributed by atoms with van der Waals surface area (Å²) in [4.78, 5) is 16.0. The number of H-pyrrole nitrogens is 2. The second-order valence-corrected chi connectivity index (χ2v) is 6.69. The smallest absolute Gasteiger partial charge is 0.0658 e. The van der Waals surface area contributed by atoms with Crippen molar-refractivity contribution in [1.82, 2.24) is 19.9 Å². The van der Waals surface area contributed by atoms with Crippen molar-refractivity contribution < 1.29 is 4.74 Å². The molecule has 2 aliphatic heterocycles. The van der Waals surface area contributed by atoms with Crippen LogP contribution in [0.3, 0.4) is 0 Å². The first-order valence-electron chi connectivity index (χ1n) is 9.84. The Morgan fingerprint density at radius 1 is 0.586 bits per heavy atom. The molecule has 0 amide bonds. The molecule has 5 heterocycles. The van der Waals surface area contributed by atoms with Crippen molar-refractivity contribution >= 4 is 46.4 Å². The molecule has 0 radical (unpaired) electrons. The molecule has 0 spiro atoms. The maximum atomic E-state index is 4.83. The highest BCUT2D eigenvalue weighted by molar-refractivity contribution is 5.77. The SMILES string of the molecule is C1=Cc2cc3ccc(cc4nc(cc5ccc(cc1n2)[nH]5)C=C4)[nH]3.CCOCC. The first-order chi connectivity index (χ1) is 14.2. The van der Waals surface area contributed by atoms with Gasteiger partial charge in [-0.15, -0.1) is 0 Å². The van der Waals surface area contributed by atoms with Gasteiger partial charge in [0.15, 0.2) is 0 Å². The number of nitrogens with zero attached hydrogens (tertiary/aromatic N) is 2. The van der Waals surface area contributed by atoms with Gasteiger partial charge in [0.2, 0.25) is 0 Å². The summed E-state index contributed by atoms with van der Waals surface area (Å²) in [7, 11) is 0. The normalized spacial score (nSPS) is 11.9. The van der Waals surface area contributed by atoms with E-state index in [2.05, 4.69) is 44.2 Å². The standard InChI is InChI=1S/C20H14N4.C4H10O/c1-2-14-10-16-5-6-18(23-16)12-20-8-7-19(24-20)11-17-4-3-15(22-17)9-13(1)21-14;1-3-5-4-2/h1-12,21,24H;3-4H2,1-2H3. The number of ether oxygens (including phenoxy) is 1. The molecule has 0 aliphatic carbocycles. The van der Waals surface area contributed by atoms with Gasteiger partial charge in [0.05, 0.1) is 22.8 Å². The number of aromatic amines is 2. The summed E-state index contributed by atoms with van der Waals surface area (Å²) in [5.41, 5.74) is 7.86. The summed E-state index contributed by atoms with van der Waals surface area (Å²) in [5, 5.41) is 0. The van der Waals surface area contributed by atoms with Gasteiger partial charge >= 0.3 is 0 Å². The first kappa shape index (κ1) is 18.9. The Morgan fingerprint density at radius 3 is 1.14 bits per heavy atom. The topological polar surface area (TPSA) is 66.6 Å². The molecule has 2 N–H and O–H groups in total. The minimum Gasteiger partial charge on any atom is -0.382 e. The van der Waals surface area contributed by atoms with Crippen molar-refractivity contribution in [3.05, 3.63) is 71.3 Å². The molecule has 29 heavy (non-hydrogen) atoms. The molecule has 5 heteroatoms. The van der Waals surface area contributed by atoms with Gasteiger partial charge in [-0.3, -0.25) is 0 Å². The van der Waals surface area contributed by atoms with Gasteiger partial charge in [-0.2, -0.15) is 0 Å². The van der Waals surface area contributed by atoms with Crippen LogP contribution in [-0.2, 0) is 4.74 Å². The first-order valence-corrected chi connectivity index (χ1v) is 9.84. The fourth-order valence-electron chi connectivity index (χ4n) is 3.15. The van der Waals surface area contributed by atoms with Crippen molar-refractivity contribution in [3.8, 4) is 0 Å². The van der Waals surface area contributed by atoms with E-state index in [0.29, 0.717) is 0 Å². The van der Waals surface area contributed by atoms with Gasteiger partial charge in [-0.1, -0.05) is 0 Å². The number of nitrogens with one attached hydrogen (secondary N) is 2. The molecular weight excluding hydrogens is 360 g/mol. The number of fused-ring (bicyclic) bond motifs is 8. The van der Waals surface area contributed by atoms with Crippen LogP contribution in [0.25, 0.3) is 46.4 Å². The summed E-state index contributed by atoms with van der Waals surface area (Å²) in [6.45, 7) is 5.67. The largest absolute Gasteiger partial charge is 0.382 e. The van der Waals surface area contributed by atoms with E-state index in [4.69, 9.17) is 4.74 Å². The Balaban J connectivity index is 0.000000369. The van der Waals surface area contributed by atoms with Gasteiger partial charge in [-0.25, -0.2) is 9.97 Å². The fraction of sp³-hybridized carbons (Fsp3) is 0.167. The number of hydrogen-bond acceptors (Lipinski definition) is 3. The van der Waals surface area contributed by atoms with Crippen molar-refractivity contribution in [2.75, 3.05) is 13.2 Å². The second kappa shape index (κ2) is 8.71. The third kappa shape index (κ3) is 4.89. The van der Waals surface area contributed by atoms with Gasteiger partial charge in [-0.05, 0) is 86.7 Å². The minimum absolute atomic E-state index is 0.844. The third-order valence-electron chi connectivity index (χ3n) is 4.45. The molecule has 146 valence electrons. The predicted molar refractivity (Wildman–Crippen MR) is 121 cm³/mol. The molecule has 0 saturated heterocycles. The maximum Gasteiger partial charge on any atom is 0.0658 e. The fourth-order valence-corrected chi connectivity index (χ4v) is 3.15. The molecule has 0 unspecified atom stereocenters. The van der Waals surface area contributed by atoms with Crippen LogP contribution in [0.5, 0.6) is 0 Å².